The number of hydrogen-bond donors (Lipinski definition) is 2. The summed E-state index contributed by atoms with van der Waals surface area (Å²) >= 11 is 6.35. The summed E-state index contributed by atoms with van der Waals surface area (Å²) < 4.78 is 15.0. The van der Waals surface area contributed by atoms with Crippen molar-refractivity contribution >= 4 is 29.0 Å². The number of hydrogen-bond acceptors (Lipinski definition) is 2. The Morgan fingerprint density at radius 1 is 1.38 bits per heavy atom. The standard InChI is InChI=1S/C25H26ClFN2/c1-4-17-9-6-10-19(23(28)11-12-24-16(3)8-7-13-29-24)25(17)20-15-21(26)18(5-2)14-22(20)27/h5-7,10-15,17,28-29H,2,4,8-9H2,1,3H3/b12-11-,28-23?. The predicted octanol–water partition coefficient (Wildman–Crippen LogP) is 7.22. The molecule has 1 aliphatic carbocycles. The van der Waals surface area contributed by atoms with E-state index < -0.39 is 0 Å². The van der Waals surface area contributed by atoms with Crippen molar-refractivity contribution in [2.24, 2.45) is 5.92 Å². The highest BCUT2D eigenvalue weighted by molar-refractivity contribution is 6.32. The second-order valence-electron chi connectivity index (χ2n) is 7.32. The monoisotopic (exact) mass is 408 g/mol. The van der Waals surface area contributed by atoms with E-state index in [1.165, 1.54) is 11.6 Å². The molecule has 3 rings (SSSR count). The fraction of sp³-hybridized carbons (Fsp3) is 0.240. The molecule has 0 amide bonds. The summed E-state index contributed by atoms with van der Waals surface area (Å²) in [5.41, 5.74) is 5.20. The molecule has 0 saturated heterocycles. The molecule has 1 heterocycles. The maximum absolute atomic E-state index is 15.0. The molecule has 4 heteroatoms. The van der Waals surface area contributed by atoms with Gasteiger partial charge in [0.1, 0.15) is 5.82 Å². The fourth-order valence-electron chi connectivity index (χ4n) is 3.74. The van der Waals surface area contributed by atoms with Crippen molar-refractivity contribution < 1.29 is 4.39 Å². The summed E-state index contributed by atoms with van der Waals surface area (Å²) in [6, 6.07) is 3.09. The minimum Gasteiger partial charge on any atom is -0.362 e. The summed E-state index contributed by atoms with van der Waals surface area (Å²) in [6.45, 7) is 7.85. The first kappa shape index (κ1) is 21.1. The average molecular weight is 409 g/mol. The van der Waals surface area contributed by atoms with Crippen LogP contribution in [-0.2, 0) is 0 Å². The van der Waals surface area contributed by atoms with Crippen LogP contribution in [0.2, 0.25) is 5.02 Å². The maximum Gasteiger partial charge on any atom is 0.131 e. The van der Waals surface area contributed by atoms with Crippen LogP contribution in [-0.4, -0.2) is 5.71 Å². The van der Waals surface area contributed by atoms with Gasteiger partial charge in [-0.3, -0.25) is 0 Å². The van der Waals surface area contributed by atoms with Gasteiger partial charge in [0, 0.05) is 21.9 Å². The van der Waals surface area contributed by atoms with Crippen molar-refractivity contribution in [1.29, 1.82) is 5.41 Å². The van der Waals surface area contributed by atoms with Gasteiger partial charge in [0.25, 0.3) is 0 Å². The van der Waals surface area contributed by atoms with Gasteiger partial charge in [-0.15, -0.1) is 0 Å². The van der Waals surface area contributed by atoms with E-state index in [0.29, 0.717) is 21.9 Å². The summed E-state index contributed by atoms with van der Waals surface area (Å²) in [5, 5.41) is 12.4. The first-order chi connectivity index (χ1) is 14.0. The van der Waals surface area contributed by atoms with Crippen LogP contribution in [0, 0.1) is 17.1 Å². The second-order valence-corrected chi connectivity index (χ2v) is 7.73. The highest BCUT2D eigenvalue weighted by Crippen LogP contribution is 2.39. The average Bonchev–Trinajstić information content (AvgIpc) is 2.73. The third-order valence-corrected chi connectivity index (χ3v) is 5.77. The molecule has 0 spiro atoms. The van der Waals surface area contributed by atoms with E-state index in [4.69, 9.17) is 17.0 Å². The van der Waals surface area contributed by atoms with E-state index >= 15 is 0 Å². The molecular weight excluding hydrogens is 383 g/mol. The molecule has 1 atom stereocenters. The molecule has 0 bridgehead atoms. The fourth-order valence-corrected chi connectivity index (χ4v) is 3.98. The van der Waals surface area contributed by atoms with Crippen molar-refractivity contribution in [3.63, 3.8) is 0 Å². The molecule has 1 aliphatic heterocycles. The highest BCUT2D eigenvalue weighted by Gasteiger charge is 2.25. The Kier molecular flexibility index (Phi) is 6.71. The Balaban J connectivity index is 2.06. The van der Waals surface area contributed by atoms with Gasteiger partial charge in [-0.2, -0.15) is 0 Å². The van der Waals surface area contributed by atoms with Gasteiger partial charge in [0.15, 0.2) is 0 Å². The molecule has 0 radical (unpaired) electrons. The molecular formula is C25H26ClFN2. The van der Waals surface area contributed by atoms with Crippen molar-refractivity contribution in [1.82, 2.24) is 5.32 Å². The minimum atomic E-state index is -0.333. The molecule has 1 unspecified atom stereocenters. The third-order valence-electron chi connectivity index (χ3n) is 5.44. The molecule has 150 valence electrons. The third kappa shape index (κ3) is 4.51. The van der Waals surface area contributed by atoms with Gasteiger partial charge in [0.2, 0.25) is 0 Å². The van der Waals surface area contributed by atoms with E-state index in [9.17, 15) is 4.39 Å². The van der Waals surface area contributed by atoms with Gasteiger partial charge in [-0.25, -0.2) is 4.39 Å². The quantitative estimate of drug-likeness (QED) is 0.479. The Morgan fingerprint density at radius 3 is 2.86 bits per heavy atom. The summed E-state index contributed by atoms with van der Waals surface area (Å²) in [6.07, 6.45) is 15.8. The number of rotatable bonds is 6. The Bertz CT molecular complexity index is 992. The van der Waals surface area contributed by atoms with E-state index in [1.807, 2.05) is 18.4 Å². The molecule has 2 aliphatic rings. The molecule has 1 aromatic rings. The molecule has 2 N–H and O–H groups in total. The van der Waals surface area contributed by atoms with Crippen LogP contribution in [0.3, 0.4) is 0 Å². The van der Waals surface area contributed by atoms with Crippen LogP contribution < -0.4 is 5.32 Å². The molecule has 1 aromatic carbocycles. The number of allylic oxidation sites excluding steroid dienone is 8. The lowest BCUT2D eigenvalue weighted by Gasteiger charge is -2.25. The van der Waals surface area contributed by atoms with Crippen LogP contribution >= 0.6 is 11.6 Å². The largest absolute Gasteiger partial charge is 0.362 e. The topological polar surface area (TPSA) is 35.9 Å². The van der Waals surface area contributed by atoms with Crippen molar-refractivity contribution in [2.75, 3.05) is 0 Å². The summed E-state index contributed by atoms with van der Waals surface area (Å²) in [4.78, 5) is 0. The number of benzene rings is 1. The lowest BCUT2D eigenvalue weighted by atomic mass is 9.79. The number of halogens is 2. The highest BCUT2D eigenvalue weighted by atomic mass is 35.5. The van der Waals surface area contributed by atoms with Crippen LogP contribution in [0.1, 0.15) is 44.2 Å². The van der Waals surface area contributed by atoms with Crippen molar-refractivity contribution in [2.45, 2.75) is 33.1 Å². The molecule has 2 nitrogen and oxygen atoms in total. The van der Waals surface area contributed by atoms with Gasteiger partial charge in [-0.05, 0) is 79.3 Å². The predicted molar refractivity (Wildman–Crippen MR) is 122 cm³/mol. The summed E-state index contributed by atoms with van der Waals surface area (Å²) in [5.74, 6) is -0.194. The minimum absolute atomic E-state index is 0.139. The lowest BCUT2D eigenvalue weighted by molar-refractivity contribution is 0.607. The zero-order valence-corrected chi connectivity index (χ0v) is 17.6. The zero-order chi connectivity index (χ0) is 21.0. The Hall–Kier alpha value is -2.65. The number of nitrogens with one attached hydrogen (secondary N) is 2. The van der Waals surface area contributed by atoms with Crippen LogP contribution in [0.4, 0.5) is 4.39 Å². The van der Waals surface area contributed by atoms with Crippen LogP contribution in [0.25, 0.3) is 11.6 Å². The second kappa shape index (κ2) is 9.23. The first-order valence-corrected chi connectivity index (χ1v) is 10.2. The van der Waals surface area contributed by atoms with E-state index in [1.54, 1.807) is 18.2 Å². The SMILES string of the molecule is C=Cc1cc(F)c(C2=C(C(=N)/C=C\C3=C(C)CC=CN3)C=CCC2CC)cc1Cl. The number of dihydropyridines is 1. The van der Waals surface area contributed by atoms with Crippen LogP contribution in [0.15, 0.2) is 72.1 Å². The van der Waals surface area contributed by atoms with Gasteiger partial charge in [-0.1, -0.05) is 49.4 Å². The lowest BCUT2D eigenvalue weighted by Crippen LogP contribution is -2.14. The van der Waals surface area contributed by atoms with E-state index in [2.05, 4.69) is 37.9 Å². The zero-order valence-electron chi connectivity index (χ0n) is 16.9. The molecule has 0 aromatic heterocycles. The normalized spacial score (nSPS) is 19.1. The Labute approximate surface area is 177 Å². The van der Waals surface area contributed by atoms with E-state index in [-0.39, 0.29) is 11.7 Å². The smallest absolute Gasteiger partial charge is 0.131 e. The Morgan fingerprint density at radius 2 is 2.17 bits per heavy atom. The first-order valence-electron chi connectivity index (χ1n) is 9.87. The van der Waals surface area contributed by atoms with Gasteiger partial charge in [0.05, 0.1) is 5.71 Å². The molecule has 0 fully saturated rings. The van der Waals surface area contributed by atoms with Crippen molar-refractivity contribution in [3.05, 3.63) is 94.1 Å². The van der Waals surface area contributed by atoms with Crippen molar-refractivity contribution in [3.8, 4) is 0 Å². The molecule has 0 saturated carbocycles. The maximum atomic E-state index is 15.0. The molecule has 29 heavy (non-hydrogen) atoms. The van der Waals surface area contributed by atoms with Crippen LogP contribution in [0.5, 0.6) is 0 Å². The summed E-state index contributed by atoms with van der Waals surface area (Å²) in [7, 11) is 0. The van der Waals surface area contributed by atoms with E-state index in [0.717, 1.165) is 36.1 Å². The van der Waals surface area contributed by atoms with Gasteiger partial charge < -0.3 is 10.7 Å². The van der Waals surface area contributed by atoms with Gasteiger partial charge >= 0.3 is 0 Å².